The van der Waals surface area contributed by atoms with Crippen LogP contribution in [0.1, 0.15) is 45.7 Å². The number of carbonyl (C=O) groups is 4. The molecule has 0 atom stereocenters. The summed E-state index contributed by atoms with van der Waals surface area (Å²) in [6, 6.07) is 11.2. The summed E-state index contributed by atoms with van der Waals surface area (Å²) in [5.41, 5.74) is 1.98. The van der Waals surface area contributed by atoms with Crippen molar-refractivity contribution >= 4 is 29.1 Å². The average molecular weight is 363 g/mol. The zero-order valence-corrected chi connectivity index (χ0v) is 14.9. The van der Waals surface area contributed by atoms with Gasteiger partial charge >= 0.3 is 5.97 Å². The van der Waals surface area contributed by atoms with E-state index in [1.165, 1.54) is 12.1 Å². The van der Waals surface area contributed by atoms with E-state index in [1.54, 1.807) is 50.2 Å². The maximum atomic E-state index is 12.8. The van der Waals surface area contributed by atoms with E-state index in [0.29, 0.717) is 11.1 Å². The normalized spacial score (nSPS) is 11.9. The number of nitrogens with one attached hydrogen (secondary N) is 1. The summed E-state index contributed by atoms with van der Waals surface area (Å²) < 4.78 is 4.86. The van der Waals surface area contributed by atoms with Crippen LogP contribution in [0.4, 0.5) is 5.69 Å². The number of anilines is 1. The molecule has 0 saturated heterocycles. The van der Waals surface area contributed by atoms with Crippen molar-refractivity contribution in [1.82, 2.24) is 0 Å². The lowest BCUT2D eigenvalue weighted by molar-refractivity contribution is -0.142. The molecule has 0 fully saturated rings. The molecule has 136 valence electrons. The first-order valence-electron chi connectivity index (χ1n) is 8.31. The number of carbonyl (C=O) groups excluding carboxylic acids is 4. The van der Waals surface area contributed by atoms with Gasteiger partial charge in [0.15, 0.2) is 18.2 Å². The number of fused-ring (bicyclic) bond motifs is 2. The Bertz CT molecular complexity index is 999. The minimum atomic E-state index is -0.625. The smallest absolute Gasteiger partial charge is 0.331 e. The lowest BCUT2D eigenvalue weighted by Crippen LogP contribution is -2.25. The number of ketones is 2. The van der Waals surface area contributed by atoms with Crippen LogP contribution in [0.3, 0.4) is 0 Å². The van der Waals surface area contributed by atoms with Crippen LogP contribution in [0.2, 0.25) is 0 Å². The third-order valence-corrected chi connectivity index (χ3v) is 3.98. The van der Waals surface area contributed by atoms with Crippen molar-refractivity contribution in [3.63, 3.8) is 0 Å². The van der Waals surface area contributed by atoms with Crippen molar-refractivity contribution in [2.75, 3.05) is 11.9 Å². The number of allylic oxidation sites excluding steroid dienone is 1. The van der Waals surface area contributed by atoms with Crippen LogP contribution in [-0.2, 0) is 14.3 Å². The molecular formula is C21H17NO5. The van der Waals surface area contributed by atoms with E-state index in [2.05, 4.69) is 5.32 Å². The second kappa shape index (κ2) is 7.37. The Labute approximate surface area is 155 Å². The molecule has 1 aliphatic carbocycles. The first-order chi connectivity index (χ1) is 12.9. The maximum Gasteiger partial charge on any atom is 0.331 e. The maximum absolute atomic E-state index is 12.8. The number of amides is 1. The standard InChI is InChI=1S/C21H17NO5/c1-12(2)10-18(24)27-11-17(23)22-16-9-5-8-15-19(16)21(26)14-7-4-3-6-13(14)20(15)25/h3-10H,11H2,1-2H3,(H,22,23). The second-order valence-electron chi connectivity index (χ2n) is 6.31. The van der Waals surface area contributed by atoms with E-state index in [1.807, 2.05) is 0 Å². The third kappa shape index (κ3) is 3.69. The molecule has 2 aromatic carbocycles. The second-order valence-corrected chi connectivity index (χ2v) is 6.31. The summed E-state index contributed by atoms with van der Waals surface area (Å²) in [6.45, 7) is 2.97. The Hall–Kier alpha value is -3.54. The highest BCUT2D eigenvalue weighted by molar-refractivity contribution is 6.30. The first-order valence-corrected chi connectivity index (χ1v) is 8.31. The summed E-state index contributed by atoms with van der Waals surface area (Å²) >= 11 is 0. The molecule has 2 aromatic rings. The summed E-state index contributed by atoms with van der Waals surface area (Å²) in [4.78, 5) is 49.1. The van der Waals surface area contributed by atoms with Crippen molar-refractivity contribution in [1.29, 1.82) is 0 Å². The molecule has 0 unspecified atom stereocenters. The molecule has 0 spiro atoms. The molecule has 0 heterocycles. The van der Waals surface area contributed by atoms with Crippen molar-refractivity contribution in [3.05, 3.63) is 76.4 Å². The van der Waals surface area contributed by atoms with E-state index in [9.17, 15) is 19.2 Å². The van der Waals surface area contributed by atoms with E-state index >= 15 is 0 Å². The van der Waals surface area contributed by atoms with Gasteiger partial charge in [0.1, 0.15) is 0 Å². The fourth-order valence-electron chi connectivity index (χ4n) is 2.85. The molecule has 27 heavy (non-hydrogen) atoms. The number of benzene rings is 2. The minimum Gasteiger partial charge on any atom is -0.452 e. The van der Waals surface area contributed by atoms with Crippen LogP contribution in [0.25, 0.3) is 0 Å². The first kappa shape index (κ1) is 18.3. The van der Waals surface area contributed by atoms with Crippen molar-refractivity contribution in [3.8, 4) is 0 Å². The van der Waals surface area contributed by atoms with E-state index in [-0.39, 0.29) is 28.4 Å². The highest BCUT2D eigenvalue weighted by Crippen LogP contribution is 2.31. The molecule has 0 bridgehead atoms. The molecule has 1 amide bonds. The van der Waals surface area contributed by atoms with Gasteiger partial charge in [-0.15, -0.1) is 0 Å². The monoisotopic (exact) mass is 363 g/mol. The van der Waals surface area contributed by atoms with Crippen LogP contribution in [0, 0.1) is 0 Å². The van der Waals surface area contributed by atoms with Crippen LogP contribution in [0.5, 0.6) is 0 Å². The number of esters is 1. The summed E-state index contributed by atoms with van der Waals surface area (Å²) in [5.74, 6) is -1.83. The number of hydrogen-bond donors (Lipinski definition) is 1. The van der Waals surface area contributed by atoms with Gasteiger partial charge < -0.3 is 10.1 Å². The lowest BCUT2D eigenvalue weighted by atomic mass is 9.83. The fourth-order valence-corrected chi connectivity index (χ4v) is 2.85. The van der Waals surface area contributed by atoms with Gasteiger partial charge in [0.2, 0.25) is 0 Å². The van der Waals surface area contributed by atoms with Gasteiger partial charge in [-0.1, -0.05) is 42.0 Å². The van der Waals surface area contributed by atoms with E-state index < -0.39 is 18.5 Å². The third-order valence-electron chi connectivity index (χ3n) is 3.98. The van der Waals surface area contributed by atoms with Crippen LogP contribution >= 0.6 is 0 Å². The molecule has 1 aliphatic rings. The van der Waals surface area contributed by atoms with Crippen LogP contribution in [-0.4, -0.2) is 30.0 Å². The molecule has 0 aromatic heterocycles. The predicted molar refractivity (Wildman–Crippen MR) is 98.8 cm³/mol. The largest absolute Gasteiger partial charge is 0.452 e. The number of rotatable bonds is 4. The summed E-state index contributed by atoms with van der Waals surface area (Å²) in [7, 11) is 0. The zero-order valence-electron chi connectivity index (χ0n) is 14.9. The zero-order chi connectivity index (χ0) is 19.6. The average Bonchev–Trinajstić information content (AvgIpc) is 2.64. The molecule has 0 saturated carbocycles. The SMILES string of the molecule is CC(C)=CC(=O)OCC(=O)Nc1cccc2c1C(=O)c1ccccc1C2=O. The van der Waals surface area contributed by atoms with Gasteiger partial charge in [0, 0.05) is 22.8 Å². The summed E-state index contributed by atoms with van der Waals surface area (Å²) in [6.07, 6.45) is 1.27. The fraction of sp³-hybridized carbons (Fsp3) is 0.143. The van der Waals surface area contributed by atoms with Crippen molar-refractivity contribution in [2.45, 2.75) is 13.8 Å². The Morgan fingerprint density at radius 2 is 1.56 bits per heavy atom. The molecule has 3 rings (SSSR count). The van der Waals surface area contributed by atoms with Crippen LogP contribution in [0.15, 0.2) is 54.1 Å². The number of hydrogen-bond acceptors (Lipinski definition) is 5. The van der Waals surface area contributed by atoms with Gasteiger partial charge in [-0.3, -0.25) is 14.4 Å². The molecule has 6 heteroatoms. The molecule has 1 N–H and O–H groups in total. The Morgan fingerprint density at radius 1 is 0.926 bits per heavy atom. The molecule has 6 nitrogen and oxygen atoms in total. The number of ether oxygens (including phenoxy) is 1. The molecular weight excluding hydrogens is 346 g/mol. The van der Waals surface area contributed by atoms with Crippen LogP contribution < -0.4 is 5.32 Å². The van der Waals surface area contributed by atoms with Gasteiger partial charge in [-0.2, -0.15) is 0 Å². The van der Waals surface area contributed by atoms with E-state index in [4.69, 9.17) is 4.74 Å². The van der Waals surface area contributed by atoms with Gasteiger partial charge in [0.05, 0.1) is 11.3 Å². The quantitative estimate of drug-likeness (QED) is 0.569. The van der Waals surface area contributed by atoms with Gasteiger partial charge in [-0.05, 0) is 19.9 Å². The molecule has 0 radical (unpaired) electrons. The van der Waals surface area contributed by atoms with Gasteiger partial charge in [-0.25, -0.2) is 4.79 Å². The Balaban J connectivity index is 1.84. The lowest BCUT2D eigenvalue weighted by Gasteiger charge is -2.20. The van der Waals surface area contributed by atoms with E-state index in [0.717, 1.165) is 5.57 Å². The van der Waals surface area contributed by atoms with Crippen molar-refractivity contribution in [2.24, 2.45) is 0 Å². The minimum absolute atomic E-state index is 0.144. The Kier molecular flexibility index (Phi) is 4.98. The van der Waals surface area contributed by atoms with Crippen molar-refractivity contribution < 1.29 is 23.9 Å². The highest BCUT2D eigenvalue weighted by atomic mass is 16.5. The predicted octanol–water partition coefficient (Wildman–Crippen LogP) is 2.91. The topological polar surface area (TPSA) is 89.5 Å². The van der Waals surface area contributed by atoms with Gasteiger partial charge in [0.25, 0.3) is 5.91 Å². The summed E-state index contributed by atoms with van der Waals surface area (Å²) in [5, 5.41) is 2.55. The molecule has 0 aliphatic heterocycles. The Morgan fingerprint density at radius 3 is 2.22 bits per heavy atom. The highest BCUT2D eigenvalue weighted by Gasteiger charge is 2.31.